The molecule has 1 atom stereocenters. The van der Waals surface area contributed by atoms with Gasteiger partial charge in [0.2, 0.25) is 0 Å². The van der Waals surface area contributed by atoms with Crippen LogP contribution in [0, 0.1) is 0 Å². The molecule has 2 aliphatic rings. The van der Waals surface area contributed by atoms with Crippen molar-refractivity contribution in [2.45, 2.75) is 18.9 Å². The molecule has 0 spiro atoms. The summed E-state index contributed by atoms with van der Waals surface area (Å²) in [6.07, 6.45) is 12.1. The lowest BCUT2D eigenvalue weighted by atomic mass is 10.3. The molecule has 22 heavy (non-hydrogen) atoms. The first-order valence-corrected chi connectivity index (χ1v) is 9.01. The minimum absolute atomic E-state index is 0.518. The molecular formula is C15H17N3O2S2. The third kappa shape index (κ3) is 3.78. The monoisotopic (exact) mass is 335 g/mol. The highest BCUT2D eigenvalue weighted by Gasteiger charge is 2.22. The van der Waals surface area contributed by atoms with Gasteiger partial charge in [0.05, 0.1) is 11.2 Å². The van der Waals surface area contributed by atoms with Crippen molar-refractivity contribution in [3.05, 3.63) is 29.4 Å². The van der Waals surface area contributed by atoms with Crippen LogP contribution in [0.25, 0.3) is 6.08 Å². The summed E-state index contributed by atoms with van der Waals surface area (Å²) in [6.45, 7) is 2.26. The van der Waals surface area contributed by atoms with Gasteiger partial charge in [0.15, 0.2) is 6.04 Å². The predicted molar refractivity (Wildman–Crippen MR) is 93.1 cm³/mol. The molecule has 2 aliphatic heterocycles. The van der Waals surface area contributed by atoms with Crippen LogP contribution in [0.3, 0.4) is 0 Å². The summed E-state index contributed by atoms with van der Waals surface area (Å²) in [4.78, 5) is 21.7. The number of thiazole rings is 1. The number of carboxylic acid groups (broad SMARTS) is 1. The van der Waals surface area contributed by atoms with Crippen LogP contribution in [0.15, 0.2) is 29.4 Å². The second-order valence-electron chi connectivity index (χ2n) is 5.08. The zero-order valence-electron chi connectivity index (χ0n) is 12.0. The predicted octanol–water partition coefficient (Wildman–Crippen LogP) is 2.91. The molecule has 0 radical (unpaired) electrons. The third-order valence-electron chi connectivity index (χ3n) is 3.48. The second-order valence-corrected chi connectivity index (χ2v) is 7.16. The molecule has 0 saturated carbocycles. The molecule has 3 rings (SSSR count). The van der Waals surface area contributed by atoms with Crippen molar-refractivity contribution < 1.29 is 9.90 Å². The van der Waals surface area contributed by atoms with E-state index in [4.69, 9.17) is 5.11 Å². The number of hydrogen-bond acceptors (Lipinski definition) is 6. The van der Waals surface area contributed by atoms with Gasteiger partial charge in [0.1, 0.15) is 10.0 Å². The second kappa shape index (κ2) is 7.11. The van der Waals surface area contributed by atoms with Crippen LogP contribution in [-0.4, -0.2) is 46.0 Å². The lowest BCUT2D eigenvalue weighted by Gasteiger charge is -2.12. The van der Waals surface area contributed by atoms with Crippen LogP contribution < -0.4 is 4.90 Å². The standard InChI is InChI=1S/C15H17N3O2S2/c19-15(20)11-10-21-13(17-11)6-2-1-5-12-16-9-14(22-12)18-7-3-4-8-18/h1-2,5-6,9,11H,3-4,7-8,10H2,(H,19,20)/b5-1+,6-2+/t11-/m1/s1. The largest absolute Gasteiger partial charge is 0.480 e. The van der Waals surface area contributed by atoms with Crippen LogP contribution in [-0.2, 0) is 4.79 Å². The maximum atomic E-state index is 10.8. The summed E-state index contributed by atoms with van der Waals surface area (Å²) in [5, 5.41) is 11.9. The molecular weight excluding hydrogens is 318 g/mol. The van der Waals surface area contributed by atoms with Gasteiger partial charge in [-0.1, -0.05) is 23.5 Å². The van der Waals surface area contributed by atoms with Gasteiger partial charge >= 0.3 is 5.97 Å². The van der Waals surface area contributed by atoms with E-state index in [9.17, 15) is 4.79 Å². The number of aromatic nitrogens is 1. The normalized spacial score (nSPS) is 22.1. The Morgan fingerprint density at radius 1 is 1.32 bits per heavy atom. The van der Waals surface area contributed by atoms with E-state index >= 15 is 0 Å². The number of carbonyl (C=O) groups is 1. The lowest BCUT2D eigenvalue weighted by Crippen LogP contribution is -2.16. The first-order chi connectivity index (χ1) is 10.7. The quantitative estimate of drug-likeness (QED) is 0.838. The van der Waals surface area contributed by atoms with Crippen LogP contribution >= 0.6 is 23.1 Å². The van der Waals surface area contributed by atoms with Gasteiger partial charge in [-0.05, 0) is 25.0 Å². The summed E-state index contributed by atoms with van der Waals surface area (Å²) >= 11 is 3.17. The first kappa shape index (κ1) is 15.3. The summed E-state index contributed by atoms with van der Waals surface area (Å²) in [5.74, 6) is -0.339. The lowest BCUT2D eigenvalue weighted by molar-refractivity contribution is -0.137. The summed E-state index contributed by atoms with van der Waals surface area (Å²) in [6, 6.07) is -0.601. The molecule has 0 unspecified atom stereocenters. The molecule has 0 aliphatic carbocycles. The van der Waals surface area contributed by atoms with E-state index in [0.29, 0.717) is 5.75 Å². The van der Waals surface area contributed by atoms with Crippen LogP contribution in [0.4, 0.5) is 5.00 Å². The topological polar surface area (TPSA) is 65.8 Å². The summed E-state index contributed by atoms with van der Waals surface area (Å²) in [5.41, 5.74) is 0. The van der Waals surface area contributed by atoms with Crippen molar-refractivity contribution in [1.29, 1.82) is 0 Å². The van der Waals surface area contributed by atoms with Crippen molar-refractivity contribution in [3.8, 4) is 0 Å². The van der Waals surface area contributed by atoms with Gasteiger partial charge in [0, 0.05) is 18.8 Å². The average molecular weight is 335 g/mol. The number of carboxylic acids is 1. The zero-order chi connectivity index (χ0) is 15.4. The molecule has 1 fully saturated rings. The minimum atomic E-state index is -0.858. The van der Waals surface area contributed by atoms with Gasteiger partial charge in [-0.25, -0.2) is 9.78 Å². The van der Waals surface area contributed by atoms with Crippen molar-refractivity contribution in [3.63, 3.8) is 0 Å². The molecule has 7 heteroatoms. The number of aliphatic carboxylic acids is 1. The van der Waals surface area contributed by atoms with E-state index in [2.05, 4.69) is 14.9 Å². The van der Waals surface area contributed by atoms with Gasteiger partial charge in [-0.3, -0.25) is 4.99 Å². The van der Waals surface area contributed by atoms with E-state index in [1.807, 2.05) is 30.5 Å². The third-order valence-corrected chi connectivity index (χ3v) is 5.52. The Balaban J connectivity index is 1.55. The maximum Gasteiger partial charge on any atom is 0.329 e. The van der Waals surface area contributed by atoms with Crippen LogP contribution in [0.1, 0.15) is 17.8 Å². The molecule has 5 nitrogen and oxygen atoms in total. The van der Waals surface area contributed by atoms with Gasteiger partial charge in [0.25, 0.3) is 0 Å². The Hall–Kier alpha value is -1.60. The van der Waals surface area contributed by atoms with E-state index in [-0.39, 0.29) is 0 Å². The van der Waals surface area contributed by atoms with E-state index in [1.165, 1.54) is 29.6 Å². The van der Waals surface area contributed by atoms with Gasteiger partial charge < -0.3 is 10.0 Å². The van der Waals surface area contributed by atoms with E-state index < -0.39 is 12.0 Å². The van der Waals surface area contributed by atoms with Crippen molar-refractivity contribution in [2.24, 2.45) is 4.99 Å². The highest BCUT2D eigenvalue weighted by atomic mass is 32.2. The molecule has 0 amide bonds. The fourth-order valence-electron chi connectivity index (χ4n) is 2.33. The molecule has 1 aromatic heterocycles. The Kier molecular flexibility index (Phi) is 4.94. The van der Waals surface area contributed by atoms with Gasteiger partial charge in [-0.2, -0.15) is 0 Å². The van der Waals surface area contributed by atoms with Crippen molar-refractivity contribution in [2.75, 3.05) is 23.7 Å². The molecule has 1 aromatic rings. The molecule has 0 bridgehead atoms. The zero-order valence-corrected chi connectivity index (χ0v) is 13.6. The number of hydrogen-bond donors (Lipinski definition) is 1. The fraction of sp³-hybridized carbons (Fsp3) is 0.400. The van der Waals surface area contributed by atoms with E-state index in [1.54, 1.807) is 11.3 Å². The summed E-state index contributed by atoms with van der Waals surface area (Å²) < 4.78 is 0. The Bertz CT molecular complexity index is 630. The fourth-order valence-corrected chi connectivity index (χ4v) is 4.13. The number of allylic oxidation sites excluding steroid dienone is 2. The Labute approximate surface area is 137 Å². The van der Waals surface area contributed by atoms with Crippen molar-refractivity contribution >= 4 is 45.2 Å². The van der Waals surface area contributed by atoms with Gasteiger partial charge in [-0.15, -0.1) is 11.8 Å². The first-order valence-electron chi connectivity index (χ1n) is 7.21. The molecule has 116 valence electrons. The molecule has 1 saturated heterocycles. The van der Waals surface area contributed by atoms with E-state index in [0.717, 1.165) is 23.1 Å². The SMILES string of the molecule is O=C(O)[C@H]1CSC(/C=C/C=C/c2ncc(N3CCCC3)s2)=N1. The van der Waals surface area contributed by atoms with Crippen LogP contribution in [0.2, 0.25) is 0 Å². The highest BCUT2D eigenvalue weighted by molar-refractivity contribution is 8.14. The highest BCUT2D eigenvalue weighted by Crippen LogP contribution is 2.27. The number of nitrogens with zero attached hydrogens (tertiary/aromatic N) is 3. The molecule has 3 heterocycles. The van der Waals surface area contributed by atoms with Crippen LogP contribution in [0.5, 0.6) is 0 Å². The Morgan fingerprint density at radius 3 is 2.82 bits per heavy atom. The smallest absolute Gasteiger partial charge is 0.329 e. The summed E-state index contributed by atoms with van der Waals surface area (Å²) in [7, 11) is 0. The van der Waals surface area contributed by atoms with Crippen molar-refractivity contribution in [1.82, 2.24) is 4.98 Å². The minimum Gasteiger partial charge on any atom is -0.480 e. The Morgan fingerprint density at radius 2 is 2.09 bits per heavy atom. The molecule has 1 N–H and O–H groups in total. The number of aliphatic imine (C=N–C) groups is 1. The number of thioether (sulfide) groups is 1. The maximum absolute atomic E-state index is 10.8. The number of rotatable bonds is 5. The average Bonchev–Trinajstić information content (AvgIpc) is 3.23. The number of anilines is 1. The molecule has 0 aromatic carbocycles.